The van der Waals surface area contributed by atoms with Crippen LogP contribution in [0.5, 0.6) is 0 Å². The number of hydrogen-bond acceptors (Lipinski definition) is 2. The number of nitrogens with zero attached hydrogens (tertiary/aromatic N) is 1. The molecule has 0 rings (SSSR count). The van der Waals surface area contributed by atoms with Crippen molar-refractivity contribution in [1.29, 1.82) is 0 Å². The zero-order chi connectivity index (χ0) is 7.33. The Morgan fingerprint density at radius 2 is 2.22 bits per heavy atom. The molecule has 0 amide bonds. The Kier molecular flexibility index (Phi) is 4.15. The van der Waals surface area contributed by atoms with Gasteiger partial charge in [0, 0.05) is 0 Å². The number of carbonyl (C=O) groups excluding carboxylic acids is 1. The van der Waals surface area contributed by atoms with Crippen molar-refractivity contribution >= 4 is 34.9 Å². The van der Waals surface area contributed by atoms with Crippen molar-refractivity contribution in [3.05, 3.63) is 0 Å². The molecule has 0 aromatic heterocycles. The Balaban J connectivity index is 3.39. The summed E-state index contributed by atoms with van der Waals surface area (Å²) in [5, 5.41) is 0. The molecular weight excluding hydrogens is 177 g/mol. The van der Waals surface area contributed by atoms with E-state index in [-0.39, 0.29) is 0 Å². The van der Waals surface area contributed by atoms with Gasteiger partial charge >= 0.3 is 0 Å². The molecule has 0 heterocycles. The van der Waals surface area contributed by atoms with E-state index in [1.165, 1.54) is 6.08 Å². The third kappa shape index (κ3) is 8.18. The lowest BCUT2D eigenvalue weighted by atomic mass is 10.8. The number of halogens is 2. The SMILES string of the molecule is C[Si](Cl)(Cl)CCN=C=O. The van der Waals surface area contributed by atoms with Crippen LogP contribution in [0, 0.1) is 0 Å². The molecule has 0 N–H and O–H groups in total. The normalized spacial score (nSPS) is 10.6. The molecule has 0 aliphatic rings. The van der Waals surface area contributed by atoms with Crippen molar-refractivity contribution in [2.24, 2.45) is 4.99 Å². The minimum absolute atomic E-state index is 0.402. The maximum atomic E-state index is 9.53. The minimum Gasteiger partial charge on any atom is -0.211 e. The highest BCUT2D eigenvalue weighted by Crippen LogP contribution is 2.18. The zero-order valence-electron chi connectivity index (χ0n) is 5.03. The molecule has 0 spiro atoms. The van der Waals surface area contributed by atoms with Gasteiger partial charge in [-0.25, -0.2) is 9.79 Å². The fraction of sp³-hybridized carbons (Fsp3) is 0.750. The van der Waals surface area contributed by atoms with E-state index in [1.807, 2.05) is 0 Å². The largest absolute Gasteiger partial charge is 0.250 e. The van der Waals surface area contributed by atoms with Crippen LogP contribution in [0.4, 0.5) is 0 Å². The van der Waals surface area contributed by atoms with E-state index in [0.717, 1.165) is 0 Å². The van der Waals surface area contributed by atoms with Gasteiger partial charge in [0.15, 0.2) is 0 Å². The van der Waals surface area contributed by atoms with Gasteiger partial charge in [-0.1, -0.05) is 0 Å². The molecule has 0 aliphatic carbocycles. The third-order valence-corrected chi connectivity index (χ3v) is 2.96. The van der Waals surface area contributed by atoms with Crippen LogP contribution < -0.4 is 0 Å². The predicted molar refractivity (Wildman–Crippen MR) is 41.1 cm³/mol. The van der Waals surface area contributed by atoms with Crippen LogP contribution in [0.1, 0.15) is 0 Å². The van der Waals surface area contributed by atoms with Crippen molar-refractivity contribution in [3.63, 3.8) is 0 Å². The molecule has 0 aliphatic heterocycles. The van der Waals surface area contributed by atoms with Crippen LogP contribution in [0.2, 0.25) is 12.6 Å². The van der Waals surface area contributed by atoms with Gasteiger partial charge < -0.3 is 0 Å². The topological polar surface area (TPSA) is 29.4 Å². The van der Waals surface area contributed by atoms with E-state index in [2.05, 4.69) is 4.99 Å². The Hall–Kier alpha value is 0.177. The van der Waals surface area contributed by atoms with Gasteiger partial charge in [-0.3, -0.25) is 0 Å². The fourth-order valence-electron chi connectivity index (χ4n) is 0.298. The van der Waals surface area contributed by atoms with Gasteiger partial charge in [-0.15, -0.1) is 22.2 Å². The van der Waals surface area contributed by atoms with Crippen molar-refractivity contribution in [1.82, 2.24) is 0 Å². The summed E-state index contributed by atoms with van der Waals surface area (Å²) < 4.78 is 0. The third-order valence-electron chi connectivity index (χ3n) is 0.727. The number of hydrogen-bond donors (Lipinski definition) is 0. The van der Waals surface area contributed by atoms with Crippen LogP contribution in [0.25, 0.3) is 0 Å². The smallest absolute Gasteiger partial charge is 0.211 e. The number of isocyanates is 1. The average Bonchev–Trinajstić information content (AvgIpc) is 1.63. The predicted octanol–water partition coefficient (Wildman–Crippen LogP) is 1.87. The summed E-state index contributed by atoms with van der Waals surface area (Å²) in [6.45, 7) is 0.167. The summed E-state index contributed by atoms with van der Waals surface area (Å²) in [6.07, 6.45) is 1.42. The summed E-state index contributed by atoms with van der Waals surface area (Å²) in [7, 11) is 0. The van der Waals surface area contributed by atoms with Crippen molar-refractivity contribution in [2.75, 3.05) is 6.54 Å². The van der Waals surface area contributed by atoms with E-state index in [9.17, 15) is 4.79 Å². The number of rotatable bonds is 3. The molecule has 0 aromatic rings. The summed E-state index contributed by atoms with van der Waals surface area (Å²) >= 11 is 11.4. The lowest BCUT2D eigenvalue weighted by Gasteiger charge is -2.04. The van der Waals surface area contributed by atoms with Crippen LogP contribution >= 0.6 is 22.2 Å². The molecular formula is C4H7Cl2NOSi. The maximum Gasteiger partial charge on any atom is 0.250 e. The zero-order valence-corrected chi connectivity index (χ0v) is 7.54. The Bertz CT molecular complexity index is 127. The molecule has 0 bridgehead atoms. The van der Waals surface area contributed by atoms with Crippen LogP contribution in [0.3, 0.4) is 0 Å². The molecule has 9 heavy (non-hydrogen) atoms. The first-order valence-corrected chi connectivity index (χ1v) is 7.21. The van der Waals surface area contributed by atoms with E-state index in [0.29, 0.717) is 12.6 Å². The number of aliphatic imine (C=N–C) groups is 1. The van der Waals surface area contributed by atoms with Crippen molar-refractivity contribution in [3.8, 4) is 0 Å². The molecule has 0 saturated carbocycles. The molecule has 0 aromatic carbocycles. The summed E-state index contributed by atoms with van der Waals surface area (Å²) in [6, 6.07) is 0.616. The Labute approximate surface area is 64.3 Å². The molecule has 2 nitrogen and oxygen atoms in total. The van der Waals surface area contributed by atoms with Crippen LogP contribution in [-0.2, 0) is 4.79 Å². The highest BCUT2D eigenvalue weighted by atomic mass is 35.7. The summed E-state index contributed by atoms with van der Waals surface area (Å²) in [5.74, 6) is 0. The standard InChI is InChI=1S/C4H7Cl2NOSi/c1-9(5,6)3-2-7-4-8/h2-3H2,1H3. The Morgan fingerprint density at radius 1 is 1.67 bits per heavy atom. The second kappa shape index (κ2) is 4.07. The molecule has 0 saturated heterocycles. The van der Waals surface area contributed by atoms with Crippen LogP contribution in [-0.4, -0.2) is 19.3 Å². The summed E-state index contributed by atoms with van der Waals surface area (Å²) in [4.78, 5) is 12.8. The quantitative estimate of drug-likeness (QED) is 0.285. The van der Waals surface area contributed by atoms with Crippen LogP contribution in [0.15, 0.2) is 4.99 Å². The Morgan fingerprint density at radius 3 is 2.56 bits per heavy atom. The summed E-state index contributed by atoms with van der Waals surface area (Å²) in [5.41, 5.74) is 0. The molecule has 0 radical (unpaired) electrons. The van der Waals surface area contributed by atoms with Crippen molar-refractivity contribution < 1.29 is 4.79 Å². The molecule has 0 atom stereocenters. The van der Waals surface area contributed by atoms with Gasteiger partial charge in [-0.2, -0.15) is 0 Å². The van der Waals surface area contributed by atoms with Gasteiger partial charge in [-0.05, 0) is 12.6 Å². The van der Waals surface area contributed by atoms with Gasteiger partial charge in [0.1, 0.15) is 0 Å². The monoisotopic (exact) mass is 183 g/mol. The van der Waals surface area contributed by atoms with E-state index < -0.39 is 6.69 Å². The second-order valence-electron chi connectivity index (χ2n) is 1.79. The van der Waals surface area contributed by atoms with E-state index in [4.69, 9.17) is 22.2 Å². The molecule has 0 fully saturated rings. The first-order valence-electron chi connectivity index (χ1n) is 2.48. The van der Waals surface area contributed by atoms with Crippen molar-refractivity contribution in [2.45, 2.75) is 12.6 Å². The van der Waals surface area contributed by atoms with E-state index >= 15 is 0 Å². The highest BCUT2D eigenvalue weighted by molar-refractivity contribution is 7.44. The molecule has 5 heteroatoms. The maximum absolute atomic E-state index is 9.53. The average molecular weight is 184 g/mol. The lowest BCUT2D eigenvalue weighted by Crippen LogP contribution is -2.13. The highest BCUT2D eigenvalue weighted by Gasteiger charge is 2.19. The second-order valence-corrected chi connectivity index (χ2v) is 10.0. The lowest BCUT2D eigenvalue weighted by molar-refractivity contribution is 0.563. The van der Waals surface area contributed by atoms with Gasteiger partial charge in [0.05, 0.1) is 6.54 Å². The first kappa shape index (κ1) is 9.18. The first-order chi connectivity index (χ1) is 4.06. The van der Waals surface area contributed by atoms with Gasteiger partial charge in [0.2, 0.25) is 12.8 Å². The van der Waals surface area contributed by atoms with Gasteiger partial charge in [0.25, 0.3) is 0 Å². The molecule has 0 unspecified atom stereocenters. The minimum atomic E-state index is -2.02. The fourth-order valence-corrected chi connectivity index (χ4v) is 1.31. The molecule has 52 valence electrons. The van der Waals surface area contributed by atoms with E-state index in [1.54, 1.807) is 6.55 Å².